The zero-order chi connectivity index (χ0) is 8.97. The Morgan fingerprint density at radius 2 is 2.08 bits per heavy atom. The van der Waals surface area contributed by atoms with Gasteiger partial charge >= 0.3 is 0 Å². The van der Waals surface area contributed by atoms with Gasteiger partial charge < -0.3 is 10.6 Å². The van der Waals surface area contributed by atoms with Crippen LogP contribution in [0.2, 0.25) is 0 Å². The van der Waals surface area contributed by atoms with Gasteiger partial charge in [0.25, 0.3) is 0 Å². The topological polar surface area (TPSA) is 47.6 Å². The second-order valence-electron chi connectivity index (χ2n) is 2.41. The molecule has 12 heavy (non-hydrogen) atoms. The highest BCUT2D eigenvalue weighted by molar-refractivity contribution is 6.00. The highest BCUT2D eigenvalue weighted by atomic mass is 16.5. The fraction of sp³-hybridized carbons (Fsp3) is 0.222. The van der Waals surface area contributed by atoms with Crippen LogP contribution in [0.4, 0.5) is 0 Å². The summed E-state index contributed by atoms with van der Waals surface area (Å²) in [5.41, 5.74) is 1.70. The van der Waals surface area contributed by atoms with Crippen molar-refractivity contribution in [2.24, 2.45) is 10.9 Å². The Hall–Kier alpha value is -1.51. The van der Waals surface area contributed by atoms with Gasteiger partial charge in [-0.3, -0.25) is 0 Å². The molecule has 0 amide bonds. The van der Waals surface area contributed by atoms with E-state index >= 15 is 0 Å². The molecule has 1 aromatic carbocycles. The van der Waals surface area contributed by atoms with Crippen LogP contribution in [0.1, 0.15) is 12.5 Å². The van der Waals surface area contributed by atoms with Gasteiger partial charge in [-0.05, 0) is 19.1 Å². The molecule has 1 aromatic rings. The van der Waals surface area contributed by atoms with Crippen molar-refractivity contribution in [1.29, 1.82) is 0 Å². The van der Waals surface area contributed by atoms with Gasteiger partial charge in [0, 0.05) is 5.56 Å². The molecule has 0 unspecified atom stereocenters. The van der Waals surface area contributed by atoms with E-state index in [-0.39, 0.29) is 0 Å². The van der Waals surface area contributed by atoms with Gasteiger partial charge in [-0.2, -0.15) is 5.10 Å². The van der Waals surface area contributed by atoms with E-state index < -0.39 is 0 Å². The lowest BCUT2D eigenvalue weighted by Gasteiger charge is -2.05. The summed E-state index contributed by atoms with van der Waals surface area (Å²) in [4.78, 5) is 0. The molecule has 0 aliphatic rings. The van der Waals surface area contributed by atoms with E-state index in [1.165, 1.54) is 0 Å². The van der Waals surface area contributed by atoms with Crippen LogP contribution >= 0.6 is 0 Å². The summed E-state index contributed by atoms with van der Waals surface area (Å²) < 4.78 is 5.13. The maximum atomic E-state index is 5.16. The number of hydrogen-bond acceptors (Lipinski definition) is 3. The van der Waals surface area contributed by atoms with Gasteiger partial charge in [0.05, 0.1) is 12.8 Å². The number of hydrazone groups is 1. The summed E-state index contributed by atoms with van der Waals surface area (Å²) in [6, 6.07) is 7.63. The molecule has 0 heterocycles. The number of para-hydroxylation sites is 1. The lowest BCUT2D eigenvalue weighted by Crippen LogP contribution is -2.01. The van der Waals surface area contributed by atoms with Crippen LogP contribution in [0, 0.1) is 0 Å². The standard InChI is InChI=1S/C9H12N2O/c1-7(11-10)8-5-3-4-6-9(8)12-2/h3-6H,10H2,1-2H3/b11-7+. The van der Waals surface area contributed by atoms with Crippen molar-refractivity contribution in [3.8, 4) is 5.75 Å². The molecule has 0 spiro atoms. The Bertz CT molecular complexity index is 294. The molecule has 0 bridgehead atoms. The number of benzene rings is 1. The van der Waals surface area contributed by atoms with Gasteiger partial charge in [0.1, 0.15) is 5.75 Å². The first kappa shape index (κ1) is 8.59. The van der Waals surface area contributed by atoms with Gasteiger partial charge in [0.2, 0.25) is 0 Å². The number of nitrogens with zero attached hydrogens (tertiary/aromatic N) is 1. The van der Waals surface area contributed by atoms with E-state index in [1.807, 2.05) is 31.2 Å². The van der Waals surface area contributed by atoms with Crippen LogP contribution < -0.4 is 10.6 Å². The van der Waals surface area contributed by atoms with Crippen LogP contribution in [0.5, 0.6) is 5.75 Å². The number of ether oxygens (including phenoxy) is 1. The van der Waals surface area contributed by atoms with Gasteiger partial charge in [0.15, 0.2) is 0 Å². The Morgan fingerprint density at radius 1 is 1.42 bits per heavy atom. The van der Waals surface area contributed by atoms with Crippen LogP contribution in [-0.4, -0.2) is 12.8 Å². The van der Waals surface area contributed by atoms with E-state index in [4.69, 9.17) is 10.6 Å². The van der Waals surface area contributed by atoms with Crippen molar-refractivity contribution in [1.82, 2.24) is 0 Å². The summed E-state index contributed by atoms with van der Waals surface area (Å²) in [5.74, 6) is 5.96. The van der Waals surface area contributed by atoms with Crippen LogP contribution in [0.15, 0.2) is 29.4 Å². The predicted octanol–water partition coefficient (Wildman–Crippen LogP) is 1.38. The first-order valence-corrected chi connectivity index (χ1v) is 3.67. The molecule has 3 heteroatoms. The molecule has 3 nitrogen and oxygen atoms in total. The molecule has 2 N–H and O–H groups in total. The van der Waals surface area contributed by atoms with Gasteiger partial charge in [-0.15, -0.1) is 0 Å². The molecule has 0 atom stereocenters. The lowest BCUT2D eigenvalue weighted by molar-refractivity contribution is 0.414. The largest absolute Gasteiger partial charge is 0.496 e. The Kier molecular flexibility index (Phi) is 2.69. The van der Waals surface area contributed by atoms with E-state index in [0.717, 1.165) is 17.0 Å². The summed E-state index contributed by atoms with van der Waals surface area (Å²) in [6.45, 7) is 1.85. The number of methoxy groups -OCH3 is 1. The summed E-state index contributed by atoms with van der Waals surface area (Å²) in [7, 11) is 1.63. The normalized spacial score (nSPS) is 11.3. The number of nitrogens with two attached hydrogens (primary N) is 1. The van der Waals surface area contributed by atoms with E-state index in [2.05, 4.69) is 5.10 Å². The second-order valence-corrected chi connectivity index (χ2v) is 2.41. The minimum Gasteiger partial charge on any atom is -0.496 e. The number of rotatable bonds is 2. The minimum absolute atomic E-state index is 0.771. The highest BCUT2D eigenvalue weighted by Gasteiger charge is 2.03. The third-order valence-electron chi connectivity index (χ3n) is 1.69. The van der Waals surface area contributed by atoms with Gasteiger partial charge in [-0.25, -0.2) is 0 Å². The monoisotopic (exact) mass is 164 g/mol. The van der Waals surface area contributed by atoms with Crippen molar-refractivity contribution < 1.29 is 4.74 Å². The molecule has 0 aromatic heterocycles. The smallest absolute Gasteiger partial charge is 0.127 e. The molecule has 0 fully saturated rings. The maximum absolute atomic E-state index is 5.16. The molecule has 0 aliphatic heterocycles. The van der Waals surface area contributed by atoms with Crippen LogP contribution in [-0.2, 0) is 0 Å². The van der Waals surface area contributed by atoms with E-state index in [9.17, 15) is 0 Å². The lowest BCUT2D eigenvalue weighted by atomic mass is 10.1. The molecular formula is C9H12N2O. The van der Waals surface area contributed by atoms with E-state index in [0.29, 0.717) is 0 Å². The third kappa shape index (κ3) is 1.56. The third-order valence-corrected chi connectivity index (χ3v) is 1.69. The Balaban J connectivity index is 3.13. The molecule has 64 valence electrons. The average molecular weight is 164 g/mol. The SMILES string of the molecule is COc1ccccc1/C(C)=N/N. The van der Waals surface area contributed by atoms with Crippen molar-refractivity contribution in [3.63, 3.8) is 0 Å². The zero-order valence-corrected chi connectivity index (χ0v) is 7.24. The first-order chi connectivity index (χ1) is 5.79. The molecule has 0 saturated carbocycles. The molecular weight excluding hydrogens is 152 g/mol. The Labute approximate surface area is 71.8 Å². The van der Waals surface area contributed by atoms with Crippen LogP contribution in [0.25, 0.3) is 0 Å². The maximum Gasteiger partial charge on any atom is 0.127 e. The van der Waals surface area contributed by atoms with Crippen molar-refractivity contribution in [2.75, 3.05) is 7.11 Å². The summed E-state index contributed by atoms with van der Waals surface area (Å²) in [5, 5.41) is 3.60. The molecule has 1 rings (SSSR count). The quantitative estimate of drug-likeness (QED) is 0.408. The second kappa shape index (κ2) is 3.76. The minimum atomic E-state index is 0.771. The average Bonchev–Trinajstić information content (AvgIpc) is 2.16. The fourth-order valence-corrected chi connectivity index (χ4v) is 1.01. The highest BCUT2D eigenvalue weighted by Crippen LogP contribution is 2.17. The summed E-state index contributed by atoms with van der Waals surface area (Å²) in [6.07, 6.45) is 0. The fourth-order valence-electron chi connectivity index (χ4n) is 1.01. The molecule has 0 saturated heterocycles. The van der Waals surface area contributed by atoms with Crippen molar-refractivity contribution >= 4 is 5.71 Å². The molecule has 0 aliphatic carbocycles. The summed E-state index contributed by atoms with van der Waals surface area (Å²) >= 11 is 0. The zero-order valence-electron chi connectivity index (χ0n) is 7.24. The van der Waals surface area contributed by atoms with E-state index in [1.54, 1.807) is 7.11 Å². The Morgan fingerprint density at radius 3 is 2.67 bits per heavy atom. The molecule has 0 radical (unpaired) electrons. The predicted molar refractivity (Wildman–Crippen MR) is 49.4 cm³/mol. The van der Waals surface area contributed by atoms with Crippen molar-refractivity contribution in [3.05, 3.63) is 29.8 Å². The van der Waals surface area contributed by atoms with Crippen LogP contribution in [0.3, 0.4) is 0 Å². The first-order valence-electron chi connectivity index (χ1n) is 3.67. The van der Waals surface area contributed by atoms with Crippen molar-refractivity contribution in [2.45, 2.75) is 6.92 Å². The van der Waals surface area contributed by atoms with Gasteiger partial charge in [-0.1, -0.05) is 12.1 Å². The number of hydrogen-bond donors (Lipinski definition) is 1.